The number of rotatable bonds is 3. The highest BCUT2D eigenvalue weighted by atomic mass is 16.3. The van der Waals surface area contributed by atoms with Crippen molar-refractivity contribution in [3.8, 4) is 16.8 Å². The van der Waals surface area contributed by atoms with Crippen LogP contribution in [0.1, 0.15) is 17.0 Å². The molecule has 162 valence electrons. The lowest BCUT2D eigenvalue weighted by Gasteiger charge is -2.09. The number of anilines is 1. The fourth-order valence-corrected chi connectivity index (χ4v) is 4.28. The van der Waals surface area contributed by atoms with Crippen molar-refractivity contribution in [2.24, 2.45) is 14.1 Å². The Morgan fingerprint density at radius 2 is 1.84 bits per heavy atom. The van der Waals surface area contributed by atoms with E-state index in [1.54, 1.807) is 33.3 Å². The molecule has 4 heterocycles. The van der Waals surface area contributed by atoms with Gasteiger partial charge in [0.25, 0.3) is 0 Å². The maximum absolute atomic E-state index is 13.3. The number of benzene rings is 1. The molecule has 5 rings (SSSR count). The Morgan fingerprint density at radius 1 is 1.06 bits per heavy atom. The molecule has 0 spiro atoms. The predicted molar refractivity (Wildman–Crippen MR) is 124 cm³/mol. The van der Waals surface area contributed by atoms with Crippen molar-refractivity contribution in [2.45, 2.75) is 20.5 Å². The van der Waals surface area contributed by atoms with Gasteiger partial charge in [-0.3, -0.25) is 18.8 Å². The van der Waals surface area contributed by atoms with Gasteiger partial charge in [-0.1, -0.05) is 6.07 Å². The van der Waals surface area contributed by atoms with Gasteiger partial charge in [0.15, 0.2) is 0 Å². The smallest absolute Gasteiger partial charge is 0.333 e. The Kier molecular flexibility index (Phi) is 4.38. The summed E-state index contributed by atoms with van der Waals surface area (Å²) >= 11 is 0. The van der Waals surface area contributed by atoms with Crippen molar-refractivity contribution in [3.63, 3.8) is 0 Å². The van der Waals surface area contributed by atoms with Crippen LogP contribution in [0.5, 0.6) is 0 Å². The number of fused-ring (bicyclic) bond motifs is 3. The van der Waals surface area contributed by atoms with E-state index in [0.29, 0.717) is 11.4 Å². The minimum atomic E-state index is -0.191. The van der Waals surface area contributed by atoms with Crippen LogP contribution in [0.2, 0.25) is 0 Å². The van der Waals surface area contributed by atoms with Gasteiger partial charge < -0.3 is 10.8 Å². The van der Waals surface area contributed by atoms with Gasteiger partial charge in [-0.25, -0.2) is 9.78 Å². The molecule has 9 heteroatoms. The van der Waals surface area contributed by atoms with Gasteiger partial charge >= 0.3 is 5.69 Å². The van der Waals surface area contributed by atoms with E-state index in [9.17, 15) is 9.90 Å². The van der Waals surface area contributed by atoms with Crippen LogP contribution in [0.25, 0.3) is 38.8 Å². The Balaban J connectivity index is 1.88. The van der Waals surface area contributed by atoms with E-state index in [1.165, 1.54) is 0 Å². The van der Waals surface area contributed by atoms with Crippen molar-refractivity contribution in [1.29, 1.82) is 0 Å². The maximum Gasteiger partial charge on any atom is 0.333 e. The zero-order valence-electron chi connectivity index (χ0n) is 18.3. The van der Waals surface area contributed by atoms with Crippen molar-refractivity contribution < 1.29 is 5.11 Å². The van der Waals surface area contributed by atoms with Gasteiger partial charge in [-0.15, -0.1) is 0 Å². The van der Waals surface area contributed by atoms with Crippen molar-refractivity contribution in [2.75, 3.05) is 5.73 Å². The summed E-state index contributed by atoms with van der Waals surface area (Å²) in [5.74, 6) is 0.306. The summed E-state index contributed by atoms with van der Waals surface area (Å²) in [5.41, 5.74) is 12.7. The second-order valence-corrected chi connectivity index (χ2v) is 7.97. The number of imidazole rings is 1. The quantitative estimate of drug-likeness (QED) is 0.455. The number of hydrogen-bond acceptors (Lipinski definition) is 6. The average Bonchev–Trinajstić information content (AvgIpc) is 3.19. The summed E-state index contributed by atoms with van der Waals surface area (Å²) in [6.45, 7) is 3.66. The summed E-state index contributed by atoms with van der Waals surface area (Å²) in [7, 11) is 3.61. The molecule has 0 aliphatic carbocycles. The molecule has 0 unspecified atom stereocenters. The van der Waals surface area contributed by atoms with Gasteiger partial charge in [0, 0.05) is 36.8 Å². The molecule has 0 fully saturated rings. The van der Waals surface area contributed by atoms with Gasteiger partial charge in [-0.05, 0) is 37.6 Å². The number of nitrogens with two attached hydrogens (primary N) is 1. The highest BCUT2D eigenvalue weighted by Crippen LogP contribution is 2.31. The second kappa shape index (κ2) is 7.03. The molecule has 4 aromatic heterocycles. The first-order chi connectivity index (χ1) is 15.3. The van der Waals surface area contributed by atoms with E-state index < -0.39 is 0 Å². The molecule has 0 aliphatic heterocycles. The van der Waals surface area contributed by atoms with Crippen molar-refractivity contribution in [3.05, 3.63) is 64.1 Å². The van der Waals surface area contributed by atoms with E-state index >= 15 is 0 Å². The number of aliphatic hydroxyl groups excluding tert-OH is 1. The first-order valence-electron chi connectivity index (χ1n) is 10.2. The molecule has 0 radical (unpaired) electrons. The summed E-state index contributed by atoms with van der Waals surface area (Å²) < 4.78 is 5.11. The number of pyridine rings is 2. The Labute approximate surface area is 183 Å². The van der Waals surface area contributed by atoms with Gasteiger partial charge in [0.1, 0.15) is 5.82 Å². The Bertz CT molecular complexity index is 1590. The van der Waals surface area contributed by atoms with Crippen molar-refractivity contribution >= 4 is 27.8 Å². The minimum absolute atomic E-state index is 0.157. The minimum Gasteiger partial charge on any atom is -0.392 e. The number of hydrogen-bond donors (Lipinski definition) is 2. The third kappa shape index (κ3) is 2.75. The van der Waals surface area contributed by atoms with Crippen molar-refractivity contribution in [1.82, 2.24) is 28.9 Å². The molecule has 1 aromatic carbocycles. The summed E-state index contributed by atoms with van der Waals surface area (Å²) in [6.07, 6.45) is 3.40. The first kappa shape index (κ1) is 20.0. The lowest BCUT2D eigenvalue weighted by Crippen LogP contribution is -2.21. The topological polar surface area (TPSA) is 117 Å². The number of nitrogens with zero attached hydrogens (tertiary/aromatic N) is 6. The number of aliphatic hydroxyl groups is 1. The summed E-state index contributed by atoms with van der Waals surface area (Å²) in [5, 5.41) is 14.9. The van der Waals surface area contributed by atoms with Crippen LogP contribution in [-0.2, 0) is 20.7 Å². The molecule has 3 N–H and O–H groups in total. The molecular weight excluding hydrogens is 406 g/mol. The number of nitrogen functional groups attached to an aromatic ring is 1. The molecule has 0 atom stereocenters. The average molecular weight is 429 g/mol. The van der Waals surface area contributed by atoms with E-state index in [2.05, 4.69) is 15.1 Å². The van der Waals surface area contributed by atoms with Gasteiger partial charge in [0.2, 0.25) is 0 Å². The van der Waals surface area contributed by atoms with E-state index in [-0.39, 0.29) is 12.3 Å². The van der Waals surface area contributed by atoms with E-state index in [4.69, 9.17) is 5.73 Å². The lowest BCUT2D eigenvalue weighted by molar-refractivity contribution is 0.282. The van der Waals surface area contributed by atoms with Crippen LogP contribution in [-0.4, -0.2) is 34.0 Å². The lowest BCUT2D eigenvalue weighted by atomic mass is 10.0. The van der Waals surface area contributed by atoms with Crippen LogP contribution in [0.15, 0.2) is 41.5 Å². The fraction of sp³-hybridized carbons (Fsp3) is 0.217. The normalized spacial score (nSPS) is 11.7. The van der Waals surface area contributed by atoms with Gasteiger partial charge in [0.05, 0.1) is 46.4 Å². The Morgan fingerprint density at radius 3 is 2.53 bits per heavy atom. The van der Waals surface area contributed by atoms with E-state index in [0.717, 1.165) is 50.1 Å². The molecule has 0 saturated carbocycles. The zero-order valence-corrected chi connectivity index (χ0v) is 18.3. The highest BCUT2D eigenvalue weighted by molar-refractivity contribution is 6.04. The van der Waals surface area contributed by atoms with Gasteiger partial charge in [-0.2, -0.15) is 5.10 Å². The largest absolute Gasteiger partial charge is 0.392 e. The zero-order chi connectivity index (χ0) is 22.7. The van der Waals surface area contributed by atoms with Crippen LogP contribution < -0.4 is 11.4 Å². The van der Waals surface area contributed by atoms with Crippen LogP contribution in [0, 0.1) is 13.8 Å². The summed E-state index contributed by atoms with van der Waals surface area (Å²) in [6, 6.07) is 7.69. The molecule has 0 amide bonds. The SMILES string of the molecule is Cc1nn(C)c(C)c1-n1c(=O)n(C)c2cnc3ccc(-c4cnc(N)c(CO)c4)cc3c21. The van der Waals surface area contributed by atoms with E-state index in [1.807, 2.05) is 45.2 Å². The third-order valence-electron chi connectivity index (χ3n) is 6.08. The summed E-state index contributed by atoms with van der Waals surface area (Å²) in [4.78, 5) is 22.1. The maximum atomic E-state index is 13.3. The number of aryl methyl sites for hydroxylation is 3. The predicted octanol–water partition coefficient (Wildman–Crippen LogP) is 2.36. The number of aromatic nitrogens is 6. The molecule has 5 aromatic rings. The molecular formula is C23H23N7O2. The van der Waals surface area contributed by atoms with Crippen LogP contribution in [0.4, 0.5) is 5.82 Å². The molecule has 9 nitrogen and oxygen atoms in total. The molecule has 0 saturated heterocycles. The van der Waals surface area contributed by atoms with Crippen LogP contribution >= 0.6 is 0 Å². The third-order valence-corrected chi connectivity index (χ3v) is 6.08. The molecule has 0 aliphatic rings. The van der Waals surface area contributed by atoms with Crippen LogP contribution in [0.3, 0.4) is 0 Å². The fourth-order valence-electron chi connectivity index (χ4n) is 4.28. The first-order valence-corrected chi connectivity index (χ1v) is 10.2. The molecule has 32 heavy (non-hydrogen) atoms. The second-order valence-electron chi connectivity index (χ2n) is 7.97. The Hall–Kier alpha value is -3.98. The monoisotopic (exact) mass is 429 g/mol. The standard InChI is InChI=1S/C23H23N7O2/c1-12-20(13(2)29(4)27-12)30-21-17-8-14(15-7-16(11-31)22(24)26-9-15)5-6-18(17)25-10-19(21)28(3)23(30)32/h5-10,31H,11H2,1-4H3,(H2,24,26). The highest BCUT2D eigenvalue weighted by Gasteiger charge is 2.21. The molecule has 0 bridgehead atoms.